The van der Waals surface area contributed by atoms with Crippen molar-refractivity contribution < 1.29 is 4.74 Å². The molecule has 0 unspecified atom stereocenters. The Hall–Kier alpha value is -1.56. The summed E-state index contributed by atoms with van der Waals surface area (Å²) < 4.78 is 5.60. The fourth-order valence-electron chi connectivity index (χ4n) is 1.32. The molecule has 2 rings (SSSR count). The lowest BCUT2D eigenvalue weighted by atomic mass is 10.1. The highest BCUT2D eigenvalue weighted by Gasteiger charge is 2.25. The van der Waals surface area contributed by atoms with Gasteiger partial charge in [-0.2, -0.15) is 5.26 Å². The molecule has 1 aliphatic rings. The van der Waals surface area contributed by atoms with E-state index in [1.165, 1.54) is 0 Å². The first-order valence-corrected chi connectivity index (χ1v) is 5.28. The Kier molecular flexibility index (Phi) is 2.59. The van der Waals surface area contributed by atoms with Gasteiger partial charge in [0.2, 0.25) is 0 Å². The van der Waals surface area contributed by atoms with E-state index in [1.54, 1.807) is 0 Å². The monoisotopic (exact) mass is 202 g/mol. The van der Waals surface area contributed by atoms with Gasteiger partial charge in [0.05, 0.1) is 6.10 Å². The number of nitrogens with zero attached hydrogens (tertiary/aromatic N) is 2. The number of hydrogen-bond donors (Lipinski definition) is 0. The van der Waals surface area contributed by atoms with E-state index in [-0.39, 0.29) is 0 Å². The summed E-state index contributed by atoms with van der Waals surface area (Å²) >= 11 is 0. The Bertz CT molecular complexity index is 403. The third-order valence-corrected chi connectivity index (χ3v) is 2.40. The zero-order valence-electron chi connectivity index (χ0n) is 9.03. The van der Waals surface area contributed by atoms with Crippen molar-refractivity contribution in [1.29, 1.82) is 5.26 Å². The van der Waals surface area contributed by atoms with Crippen LogP contribution in [0.5, 0.6) is 5.75 Å². The quantitative estimate of drug-likeness (QED) is 0.756. The second-order valence-corrected chi connectivity index (χ2v) is 4.17. The highest BCUT2D eigenvalue weighted by molar-refractivity contribution is 5.39. The fourth-order valence-corrected chi connectivity index (χ4v) is 1.32. The molecule has 1 aliphatic carbocycles. The van der Waals surface area contributed by atoms with Gasteiger partial charge in [-0.3, -0.25) is 0 Å². The number of aromatic nitrogens is 1. The number of pyridine rings is 1. The first-order chi connectivity index (χ1) is 7.20. The van der Waals surface area contributed by atoms with Crippen molar-refractivity contribution in [3.05, 3.63) is 23.5 Å². The van der Waals surface area contributed by atoms with E-state index in [0.717, 1.165) is 18.5 Å². The average Bonchev–Trinajstić information content (AvgIpc) is 3.02. The summed E-state index contributed by atoms with van der Waals surface area (Å²) in [5.41, 5.74) is 1.35. The number of ether oxygens (including phenoxy) is 1. The van der Waals surface area contributed by atoms with Gasteiger partial charge < -0.3 is 4.74 Å². The number of rotatable bonds is 3. The molecule has 1 aromatic rings. The van der Waals surface area contributed by atoms with E-state index in [9.17, 15) is 0 Å². The molecule has 1 fully saturated rings. The molecule has 0 aromatic carbocycles. The highest BCUT2D eigenvalue weighted by Crippen LogP contribution is 2.29. The summed E-state index contributed by atoms with van der Waals surface area (Å²) in [6, 6.07) is 5.88. The van der Waals surface area contributed by atoms with Crippen molar-refractivity contribution in [2.75, 3.05) is 0 Å². The molecule has 0 atom stereocenters. The van der Waals surface area contributed by atoms with Gasteiger partial charge in [-0.05, 0) is 30.9 Å². The second kappa shape index (κ2) is 3.90. The molecule has 3 heteroatoms. The third kappa shape index (κ3) is 2.27. The van der Waals surface area contributed by atoms with E-state index < -0.39 is 0 Å². The topological polar surface area (TPSA) is 45.9 Å². The van der Waals surface area contributed by atoms with Crippen LogP contribution in [0.25, 0.3) is 0 Å². The van der Waals surface area contributed by atoms with Crippen LogP contribution in [0.15, 0.2) is 12.1 Å². The van der Waals surface area contributed by atoms with Crippen molar-refractivity contribution in [3.8, 4) is 11.8 Å². The van der Waals surface area contributed by atoms with Crippen LogP contribution in [0.3, 0.4) is 0 Å². The molecule has 1 saturated carbocycles. The molecule has 0 amide bonds. The van der Waals surface area contributed by atoms with Crippen LogP contribution < -0.4 is 4.74 Å². The van der Waals surface area contributed by atoms with Crippen LogP contribution in [0.1, 0.15) is 44.0 Å². The fraction of sp³-hybridized carbons (Fsp3) is 0.500. The van der Waals surface area contributed by atoms with Gasteiger partial charge in [-0.1, -0.05) is 13.8 Å². The molecule has 0 N–H and O–H groups in total. The molecule has 15 heavy (non-hydrogen) atoms. The van der Waals surface area contributed by atoms with Crippen molar-refractivity contribution in [1.82, 2.24) is 4.98 Å². The van der Waals surface area contributed by atoms with Crippen LogP contribution in [-0.2, 0) is 0 Å². The molecule has 78 valence electrons. The van der Waals surface area contributed by atoms with E-state index in [4.69, 9.17) is 10.00 Å². The summed E-state index contributed by atoms with van der Waals surface area (Å²) in [5.74, 6) is 0.969. The SMILES string of the molecule is CC(C)c1ccc(OC2CC2)c(C#N)n1. The van der Waals surface area contributed by atoms with E-state index in [1.807, 2.05) is 12.1 Å². The Morgan fingerprint density at radius 3 is 2.73 bits per heavy atom. The molecular weight excluding hydrogens is 188 g/mol. The number of nitriles is 1. The third-order valence-electron chi connectivity index (χ3n) is 2.40. The Morgan fingerprint density at radius 1 is 1.47 bits per heavy atom. The smallest absolute Gasteiger partial charge is 0.182 e. The zero-order valence-corrected chi connectivity index (χ0v) is 9.03. The van der Waals surface area contributed by atoms with Crippen molar-refractivity contribution >= 4 is 0 Å². The largest absolute Gasteiger partial charge is 0.487 e. The van der Waals surface area contributed by atoms with Crippen LogP contribution in [0.4, 0.5) is 0 Å². The van der Waals surface area contributed by atoms with Crippen LogP contribution in [0.2, 0.25) is 0 Å². The first-order valence-electron chi connectivity index (χ1n) is 5.28. The lowest BCUT2D eigenvalue weighted by Gasteiger charge is -2.09. The minimum atomic E-state index is 0.309. The standard InChI is InChI=1S/C12H14N2O/c1-8(2)10-5-6-12(11(7-13)14-10)15-9-3-4-9/h5-6,8-9H,3-4H2,1-2H3. The summed E-state index contributed by atoms with van der Waals surface area (Å²) in [7, 11) is 0. The Balaban J connectivity index is 2.26. The maximum absolute atomic E-state index is 8.97. The Labute approximate surface area is 89.7 Å². The first kappa shape index (κ1) is 9.97. The lowest BCUT2D eigenvalue weighted by Crippen LogP contribution is -2.02. The van der Waals surface area contributed by atoms with Gasteiger partial charge in [-0.15, -0.1) is 0 Å². The average molecular weight is 202 g/mol. The summed E-state index contributed by atoms with van der Waals surface area (Å²) in [5, 5.41) is 8.97. The molecule has 1 heterocycles. The second-order valence-electron chi connectivity index (χ2n) is 4.17. The molecular formula is C12H14N2O. The summed E-state index contributed by atoms with van der Waals surface area (Å²) in [4.78, 5) is 4.29. The Morgan fingerprint density at radius 2 is 2.20 bits per heavy atom. The highest BCUT2D eigenvalue weighted by atomic mass is 16.5. The molecule has 0 saturated heterocycles. The summed E-state index contributed by atoms with van der Waals surface area (Å²) in [6.45, 7) is 4.12. The van der Waals surface area contributed by atoms with Crippen LogP contribution in [-0.4, -0.2) is 11.1 Å². The summed E-state index contributed by atoms with van der Waals surface area (Å²) in [6.07, 6.45) is 2.50. The van der Waals surface area contributed by atoms with Gasteiger partial charge in [0.1, 0.15) is 6.07 Å². The van der Waals surface area contributed by atoms with Gasteiger partial charge in [-0.25, -0.2) is 4.98 Å². The van der Waals surface area contributed by atoms with E-state index >= 15 is 0 Å². The minimum absolute atomic E-state index is 0.309. The maximum Gasteiger partial charge on any atom is 0.182 e. The number of hydrogen-bond acceptors (Lipinski definition) is 3. The van der Waals surface area contributed by atoms with Gasteiger partial charge in [0.25, 0.3) is 0 Å². The van der Waals surface area contributed by atoms with Crippen LogP contribution in [0, 0.1) is 11.3 Å². The van der Waals surface area contributed by atoms with Crippen molar-refractivity contribution in [3.63, 3.8) is 0 Å². The van der Waals surface area contributed by atoms with Gasteiger partial charge >= 0.3 is 0 Å². The maximum atomic E-state index is 8.97. The normalized spacial score (nSPS) is 15.1. The predicted molar refractivity (Wildman–Crippen MR) is 56.7 cm³/mol. The minimum Gasteiger partial charge on any atom is -0.487 e. The van der Waals surface area contributed by atoms with Gasteiger partial charge in [0.15, 0.2) is 11.4 Å². The van der Waals surface area contributed by atoms with Gasteiger partial charge in [0, 0.05) is 5.69 Å². The van der Waals surface area contributed by atoms with Crippen molar-refractivity contribution in [2.24, 2.45) is 0 Å². The molecule has 0 bridgehead atoms. The molecule has 1 aromatic heterocycles. The van der Waals surface area contributed by atoms with E-state index in [2.05, 4.69) is 24.9 Å². The van der Waals surface area contributed by atoms with Crippen molar-refractivity contribution in [2.45, 2.75) is 38.7 Å². The predicted octanol–water partition coefficient (Wildman–Crippen LogP) is 2.62. The molecule has 0 radical (unpaired) electrons. The zero-order chi connectivity index (χ0) is 10.8. The van der Waals surface area contributed by atoms with Crippen LogP contribution >= 0.6 is 0 Å². The molecule has 0 aliphatic heterocycles. The molecule has 0 spiro atoms. The molecule has 3 nitrogen and oxygen atoms in total. The van der Waals surface area contributed by atoms with E-state index in [0.29, 0.717) is 23.5 Å². The lowest BCUT2D eigenvalue weighted by molar-refractivity contribution is 0.300.